The minimum atomic E-state index is -0.607. The number of phenols is 2. The van der Waals surface area contributed by atoms with Crippen LogP contribution in [0.5, 0.6) is 11.5 Å². The molecular weight excluding hydrogens is 454 g/mol. The number of rotatable bonds is 16. The fourth-order valence-corrected chi connectivity index (χ4v) is 6.20. The lowest BCUT2D eigenvalue weighted by atomic mass is 10.1. The maximum absolute atomic E-state index is 12.0. The van der Waals surface area contributed by atoms with Gasteiger partial charge in [0.05, 0.1) is 5.69 Å². The van der Waals surface area contributed by atoms with E-state index in [1.165, 1.54) is 51.4 Å². The highest BCUT2D eigenvalue weighted by Gasteiger charge is 2.16. The zero-order valence-corrected chi connectivity index (χ0v) is 22.4. The molecule has 0 amide bonds. The zero-order chi connectivity index (χ0) is 25.0. The van der Waals surface area contributed by atoms with Crippen molar-refractivity contribution in [2.24, 2.45) is 0 Å². The van der Waals surface area contributed by atoms with Gasteiger partial charge in [-0.2, -0.15) is 0 Å². The van der Waals surface area contributed by atoms with Crippen LogP contribution < -0.4 is 0 Å². The summed E-state index contributed by atoms with van der Waals surface area (Å²) >= 11 is 0. The first kappa shape index (κ1) is 27.3. The lowest BCUT2D eigenvalue weighted by molar-refractivity contribution is 0.475. The second-order valence-electron chi connectivity index (χ2n) is 9.76. The van der Waals surface area contributed by atoms with Crippen LogP contribution in [0.3, 0.4) is 0 Å². The van der Waals surface area contributed by atoms with E-state index in [-0.39, 0.29) is 11.5 Å². The molecule has 0 aliphatic heterocycles. The Morgan fingerprint density at radius 2 is 1.31 bits per heavy atom. The number of aromatic hydroxyl groups is 2. The van der Waals surface area contributed by atoms with E-state index >= 15 is 0 Å². The van der Waals surface area contributed by atoms with Crippen LogP contribution in [-0.4, -0.2) is 30.5 Å². The van der Waals surface area contributed by atoms with Crippen LogP contribution in [0.2, 0.25) is 0 Å². The minimum absolute atomic E-state index is 0.270. The molecule has 0 saturated carbocycles. The van der Waals surface area contributed by atoms with Crippen molar-refractivity contribution in [2.75, 3.05) is 11.5 Å². The van der Waals surface area contributed by atoms with Crippen molar-refractivity contribution in [2.45, 2.75) is 91.0 Å². The molecule has 1 aromatic heterocycles. The molecule has 0 bridgehead atoms. The predicted octanol–water partition coefficient (Wildman–Crippen LogP) is 8.09. The fraction of sp³-hybridized carbons (Fsp3) is 0.533. The number of aryl methyl sites for hydroxylation is 2. The van der Waals surface area contributed by atoms with Gasteiger partial charge in [0.2, 0.25) is 0 Å². The highest BCUT2D eigenvalue weighted by Crippen LogP contribution is 2.36. The van der Waals surface area contributed by atoms with Crippen LogP contribution >= 0.6 is 0 Å². The van der Waals surface area contributed by atoms with Crippen molar-refractivity contribution < 1.29 is 14.4 Å². The molecule has 4 nitrogen and oxygen atoms in total. The minimum Gasteiger partial charge on any atom is -0.508 e. The number of unbranched alkanes of at least 4 members (excludes halogenated alkanes) is 9. The summed E-state index contributed by atoms with van der Waals surface area (Å²) in [5.41, 5.74) is 4.56. The molecule has 0 aliphatic carbocycles. The number of hydrogen-bond donors (Lipinski definition) is 2. The Bertz CT molecular complexity index is 1070. The smallest absolute Gasteiger partial charge is 0.116 e. The maximum Gasteiger partial charge on any atom is 0.116 e. The van der Waals surface area contributed by atoms with E-state index in [0.717, 1.165) is 65.0 Å². The summed E-state index contributed by atoms with van der Waals surface area (Å²) in [4.78, 5) is 0. The van der Waals surface area contributed by atoms with Crippen molar-refractivity contribution in [1.82, 2.24) is 4.57 Å². The lowest BCUT2D eigenvalue weighted by Crippen LogP contribution is -2.02. The molecule has 3 aromatic rings. The first-order valence-corrected chi connectivity index (χ1v) is 15.0. The SMILES string of the molecule is CCCCCS(=O)CCCCCCCCCCn1c(-c2ccc(O)cc2)c(C)c2cc(O)ccc21. The van der Waals surface area contributed by atoms with Gasteiger partial charge in [-0.15, -0.1) is 0 Å². The van der Waals surface area contributed by atoms with E-state index in [0.29, 0.717) is 0 Å². The summed E-state index contributed by atoms with van der Waals surface area (Å²) in [5.74, 6) is 2.33. The molecule has 0 spiro atoms. The van der Waals surface area contributed by atoms with Gasteiger partial charge in [-0.3, -0.25) is 4.21 Å². The molecule has 1 heterocycles. The van der Waals surface area contributed by atoms with Crippen LogP contribution in [0.1, 0.15) is 83.1 Å². The van der Waals surface area contributed by atoms with E-state index in [1.54, 1.807) is 18.2 Å². The first-order chi connectivity index (χ1) is 17.0. The van der Waals surface area contributed by atoms with Crippen LogP contribution in [0, 0.1) is 6.92 Å². The summed E-state index contributed by atoms with van der Waals surface area (Å²) in [5, 5.41) is 20.8. The molecule has 5 heteroatoms. The van der Waals surface area contributed by atoms with Crippen LogP contribution in [0.25, 0.3) is 22.2 Å². The Morgan fingerprint density at radius 3 is 1.97 bits per heavy atom. The second-order valence-corrected chi connectivity index (χ2v) is 11.5. The summed E-state index contributed by atoms with van der Waals surface area (Å²) in [7, 11) is -0.607. The number of aromatic nitrogens is 1. The second kappa shape index (κ2) is 14.3. The molecule has 35 heavy (non-hydrogen) atoms. The monoisotopic (exact) mass is 497 g/mol. The average Bonchev–Trinajstić information content (AvgIpc) is 3.11. The van der Waals surface area contributed by atoms with Crippen molar-refractivity contribution in [1.29, 1.82) is 0 Å². The molecule has 2 N–H and O–H groups in total. The molecule has 0 radical (unpaired) electrons. The van der Waals surface area contributed by atoms with Gasteiger partial charge < -0.3 is 14.8 Å². The van der Waals surface area contributed by atoms with Crippen molar-refractivity contribution in [3.05, 3.63) is 48.0 Å². The zero-order valence-electron chi connectivity index (χ0n) is 21.6. The lowest BCUT2D eigenvalue weighted by Gasteiger charge is -2.12. The topological polar surface area (TPSA) is 62.5 Å². The number of nitrogens with zero attached hydrogens (tertiary/aromatic N) is 1. The van der Waals surface area contributed by atoms with Crippen LogP contribution in [0.15, 0.2) is 42.5 Å². The molecule has 0 fully saturated rings. The molecule has 0 saturated heterocycles. The Kier molecular flexibility index (Phi) is 11.2. The Hall–Kier alpha value is -2.27. The Labute approximate surface area is 213 Å². The van der Waals surface area contributed by atoms with Gasteiger partial charge in [-0.25, -0.2) is 0 Å². The molecular formula is C30H43NO3S. The fourth-order valence-electron chi connectivity index (χ4n) is 4.94. The average molecular weight is 498 g/mol. The van der Waals surface area contributed by atoms with Gasteiger partial charge in [-0.05, 0) is 79.8 Å². The Morgan fingerprint density at radius 1 is 0.743 bits per heavy atom. The highest BCUT2D eigenvalue weighted by atomic mass is 32.2. The summed E-state index contributed by atoms with van der Waals surface area (Å²) in [6.45, 7) is 5.24. The van der Waals surface area contributed by atoms with Crippen molar-refractivity contribution in [3.63, 3.8) is 0 Å². The highest BCUT2D eigenvalue weighted by molar-refractivity contribution is 7.84. The van der Waals surface area contributed by atoms with E-state index < -0.39 is 10.8 Å². The Balaban J connectivity index is 1.44. The predicted molar refractivity (Wildman–Crippen MR) is 150 cm³/mol. The van der Waals surface area contributed by atoms with Crippen molar-refractivity contribution >= 4 is 21.7 Å². The van der Waals surface area contributed by atoms with Gasteiger partial charge in [-0.1, -0.05) is 58.3 Å². The third kappa shape index (κ3) is 8.13. The third-order valence-corrected chi connectivity index (χ3v) is 8.41. The number of fused-ring (bicyclic) bond motifs is 1. The number of benzene rings is 2. The molecule has 1 atom stereocenters. The molecule has 3 rings (SSSR count). The summed E-state index contributed by atoms with van der Waals surface area (Å²) in [6.07, 6.45) is 13.2. The van der Waals surface area contributed by atoms with E-state index in [1.807, 2.05) is 24.3 Å². The van der Waals surface area contributed by atoms with E-state index in [4.69, 9.17) is 0 Å². The molecule has 1 unspecified atom stereocenters. The standard InChI is InChI=1S/C30H43NO3S/c1-3-4-12-21-35(34)22-13-10-8-6-5-7-9-11-20-31-29-19-18-27(33)23-28(29)24(2)30(31)25-14-16-26(32)17-15-25/h14-19,23,32-33H,3-13,20-22H2,1-2H3. The first-order valence-electron chi connectivity index (χ1n) is 13.5. The molecule has 192 valence electrons. The largest absolute Gasteiger partial charge is 0.508 e. The normalized spacial score (nSPS) is 12.4. The summed E-state index contributed by atoms with van der Waals surface area (Å²) < 4.78 is 14.3. The number of phenolic OH excluding ortho intramolecular Hbond substituents is 2. The number of hydrogen-bond acceptors (Lipinski definition) is 3. The van der Waals surface area contributed by atoms with E-state index in [2.05, 4.69) is 18.4 Å². The van der Waals surface area contributed by atoms with Crippen molar-refractivity contribution in [3.8, 4) is 22.8 Å². The quantitative estimate of drug-likeness (QED) is 0.197. The van der Waals surface area contributed by atoms with Gasteiger partial charge in [0, 0.05) is 39.8 Å². The van der Waals surface area contributed by atoms with Gasteiger partial charge in [0.25, 0.3) is 0 Å². The molecule has 2 aromatic carbocycles. The molecule has 0 aliphatic rings. The van der Waals surface area contributed by atoms with Gasteiger partial charge in [0.1, 0.15) is 11.5 Å². The van der Waals surface area contributed by atoms with Crippen LogP contribution in [-0.2, 0) is 17.3 Å². The summed E-state index contributed by atoms with van der Waals surface area (Å²) in [6, 6.07) is 13.0. The van der Waals surface area contributed by atoms with E-state index in [9.17, 15) is 14.4 Å². The van der Waals surface area contributed by atoms with Crippen LogP contribution in [0.4, 0.5) is 0 Å². The van der Waals surface area contributed by atoms with Gasteiger partial charge in [0.15, 0.2) is 0 Å². The van der Waals surface area contributed by atoms with Gasteiger partial charge >= 0.3 is 0 Å². The third-order valence-electron chi connectivity index (χ3n) is 6.92. The maximum atomic E-state index is 12.0.